The quantitative estimate of drug-likeness (QED) is 0.806. The summed E-state index contributed by atoms with van der Waals surface area (Å²) in [5, 5.41) is 1.28. The Morgan fingerprint density at radius 2 is 1.93 bits per heavy atom. The van der Waals surface area contributed by atoms with Gasteiger partial charge >= 0.3 is 12.1 Å². The molecule has 7 heteroatoms. The molecule has 0 aromatic carbocycles. The van der Waals surface area contributed by atoms with Crippen molar-refractivity contribution in [3.05, 3.63) is 0 Å². The molecule has 1 unspecified atom stereocenters. The van der Waals surface area contributed by atoms with E-state index in [2.05, 4.69) is 15.9 Å². The van der Waals surface area contributed by atoms with Crippen molar-refractivity contribution in [1.82, 2.24) is 5.32 Å². The van der Waals surface area contributed by atoms with E-state index in [1.54, 1.807) is 0 Å². The molecule has 0 saturated carbocycles. The van der Waals surface area contributed by atoms with E-state index < -0.39 is 22.8 Å². The lowest BCUT2D eigenvalue weighted by atomic mass is 10.2. The van der Waals surface area contributed by atoms with Gasteiger partial charge in [0.05, 0.1) is 4.83 Å². The fraction of sp³-hybridized carbons (Fsp3) is 0.750. The molecule has 0 fully saturated rings. The van der Waals surface area contributed by atoms with Gasteiger partial charge in [0.1, 0.15) is 0 Å². The number of nitrogens with one attached hydrogen (secondary N) is 1. The van der Waals surface area contributed by atoms with Crippen LogP contribution in [0.3, 0.4) is 0 Å². The first kappa shape index (κ1) is 14.4. The molecule has 0 aliphatic rings. The Balaban J connectivity index is 4.08. The summed E-state index contributed by atoms with van der Waals surface area (Å²) in [5.41, 5.74) is 0. The van der Waals surface area contributed by atoms with E-state index in [0.29, 0.717) is 12.8 Å². The van der Waals surface area contributed by atoms with E-state index in [-0.39, 0.29) is 0 Å². The second-order valence-corrected chi connectivity index (χ2v) is 4.03. The van der Waals surface area contributed by atoms with Crippen LogP contribution in [0.4, 0.5) is 13.2 Å². The minimum atomic E-state index is -5.02. The first-order chi connectivity index (χ1) is 6.79. The number of carbonyl (C=O) groups excluding carboxylic acids is 2. The van der Waals surface area contributed by atoms with Crippen molar-refractivity contribution in [2.45, 2.75) is 37.2 Å². The lowest BCUT2D eigenvalue weighted by molar-refractivity contribution is -0.174. The minimum absolute atomic E-state index is 0.396. The zero-order chi connectivity index (χ0) is 12.1. The van der Waals surface area contributed by atoms with Crippen molar-refractivity contribution in [1.29, 1.82) is 0 Å². The van der Waals surface area contributed by atoms with Gasteiger partial charge in [-0.1, -0.05) is 35.7 Å². The molecule has 0 rings (SSSR count). The van der Waals surface area contributed by atoms with Crippen LogP contribution in [0.25, 0.3) is 0 Å². The predicted molar refractivity (Wildman–Crippen MR) is 51.4 cm³/mol. The molecule has 88 valence electrons. The molecular formula is C8H11BrF3NO2. The fourth-order valence-corrected chi connectivity index (χ4v) is 1.21. The fourth-order valence-electron chi connectivity index (χ4n) is 0.776. The van der Waals surface area contributed by atoms with Crippen molar-refractivity contribution in [2.75, 3.05) is 0 Å². The Labute approximate surface area is 93.5 Å². The van der Waals surface area contributed by atoms with E-state index in [9.17, 15) is 22.8 Å². The number of alkyl halides is 4. The molecule has 0 heterocycles. The number of carbonyl (C=O) groups is 2. The topological polar surface area (TPSA) is 46.2 Å². The highest BCUT2D eigenvalue weighted by Crippen LogP contribution is 2.15. The number of halogens is 4. The summed E-state index contributed by atoms with van der Waals surface area (Å²) >= 11 is 2.91. The van der Waals surface area contributed by atoms with Crippen LogP contribution in [0.15, 0.2) is 0 Å². The lowest BCUT2D eigenvalue weighted by Gasteiger charge is -2.10. The molecule has 2 amide bonds. The highest BCUT2D eigenvalue weighted by Gasteiger charge is 2.40. The SMILES string of the molecule is CCCCC(Br)C(=O)NC(=O)C(F)(F)F. The van der Waals surface area contributed by atoms with Crippen LogP contribution >= 0.6 is 15.9 Å². The van der Waals surface area contributed by atoms with Crippen LogP contribution in [0.5, 0.6) is 0 Å². The van der Waals surface area contributed by atoms with Gasteiger partial charge in [-0.25, -0.2) is 0 Å². The van der Waals surface area contributed by atoms with Gasteiger partial charge in [-0.2, -0.15) is 13.2 Å². The first-order valence-corrected chi connectivity index (χ1v) is 5.26. The number of unbranched alkanes of at least 4 members (excludes halogenated alkanes) is 1. The summed E-state index contributed by atoms with van der Waals surface area (Å²) in [6.07, 6.45) is -3.10. The molecule has 3 nitrogen and oxygen atoms in total. The smallest absolute Gasteiger partial charge is 0.288 e. The second-order valence-electron chi connectivity index (χ2n) is 2.93. The Hall–Kier alpha value is -0.590. The number of rotatable bonds is 4. The van der Waals surface area contributed by atoms with Gasteiger partial charge in [-0.15, -0.1) is 0 Å². The van der Waals surface area contributed by atoms with E-state index in [4.69, 9.17) is 0 Å². The zero-order valence-corrected chi connectivity index (χ0v) is 9.61. The maximum Gasteiger partial charge on any atom is 0.471 e. The third-order valence-electron chi connectivity index (χ3n) is 1.59. The van der Waals surface area contributed by atoms with E-state index in [1.165, 1.54) is 5.32 Å². The number of amides is 2. The Morgan fingerprint density at radius 1 is 1.40 bits per heavy atom. The van der Waals surface area contributed by atoms with Crippen molar-refractivity contribution in [3.8, 4) is 0 Å². The van der Waals surface area contributed by atoms with E-state index in [0.717, 1.165) is 6.42 Å². The van der Waals surface area contributed by atoms with Crippen LogP contribution in [0.2, 0.25) is 0 Å². The van der Waals surface area contributed by atoms with Crippen LogP contribution in [0.1, 0.15) is 26.2 Å². The molecule has 0 aromatic rings. The Bertz CT molecular complexity index is 243. The summed E-state index contributed by atoms with van der Waals surface area (Å²) in [6.45, 7) is 1.89. The number of hydrogen-bond acceptors (Lipinski definition) is 2. The highest BCUT2D eigenvalue weighted by atomic mass is 79.9. The second kappa shape index (κ2) is 6.09. The average Bonchev–Trinajstić information content (AvgIpc) is 2.12. The van der Waals surface area contributed by atoms with Gasteiger partial charge in [0.15, 0.2) is 0 Å². The molecule has 0 radical (unpaired) electrons. The van der Waals surface area contributed by atoms with Crippen molar-refractivity contribution >= 4 is 27.7 Å². The summed E-state index contributed by atoms with van der Waals surface area (Å²) in [5.74, 6) is -3.18. The van der Waals surface area contributed by atoms with Crippen molar-refractivity contribution in [2.24, 2.45) is 0 Å². The molecule has 0 aliphatic carbocycles. The molecule has 0 bridgehead atoms. The molecule has 1 atom stereocenters. The first-order valence-electron chi connectivity index (χ1n) is 4.35. The van der Waals surface area contributed by atoms with Crippen LogP contribution in [-0.4, -0.2) is 22.8 Å². The highest BCUT2D eigenvalue weighted by molar-refractivity contribution is 9.10. The number of hydrogen-bond donors (Lipinski definition) is 1. The summed E-state index contributed by atoms with van der Waals surface area (Å²) in [6, 6.07) is 0. The van der Waals surface area contributed by atoms with Gasteiger partial charge in [-0.05, 0) is 6.42 Å². The van der Waals surface area contributed by atoms with Crippen LogP contribution in [-0.2, 0) is 9.59 Å². The minimum Gasteiger partial charge on any atom is -0.288 e. The summed E-state index contributed by atoms with van der Waals surface area (Å²) < 4.78 is 35.2. The van der Waals surface area contributed by atoms with E-state index in [1.807, 2.05) is 6.92 Å². The van der Waals surface area contributed by atoms with Gasteiger partial charge in [0, 0.05) is 0 Å². The van der Waals surface area contributed by atoms with Crippen molar-refractivity contribution < 1.29 is 22.8 Å². The molecule has 0 spiro atoms. The molecule has 1 N–H and O–H groups in total. The predicted octanol–water partition coefficient (Wildman–Crippen LogP) is 2.15. The van der Waals surface area contributed by atoms with Gasteiger partial charge in [-0.3, -0.25) is 14.9 Å². The van der Waals surface area contributed by atoms with Gasteiger partial charge < -0.3 is 0 Å². The molecule has 0 saturated heterocycles. The monoisotopic (exact) mass is 289 g/mol. The van der Waals surface area contributed by atoms with Gasteiger partial charge in [0.2, 0.25) is 5.91 Å². The molecule has 15 heavy (non-hydrogen) atoms. The maximum absolute atomic E-state index is 11.7. The molecule has 0 aromatic heterocycles. The Morgan fingerprint density at radius 3 is 2.33 bits per heavy atom. The summed E-state index contributed by atoms with van der Waals surface area (Å²) in [4.78, 5) is 20.6. The summed E-state index contributed by atoms with van der Waals surface area (Å²) in [7, 11) is 0. The third-order valence-corrected chi connectivity index (χ3v) is 2.46. The maximum atomic E-state index is 11.7. The van der Waals surface area contributed by atoms with Crippen LogP contribution in [0, 0.1) is 0 Å². The normalized spacial score (nSPS) is 13.4. The van der Waals surface area contributed by atoms with Crippen molar-refractivity contribution in [3.63, 3.8) is 0 Å². The van der Waals surface area contributed by atoms with Gasteiger partial charge in [0.25, 0.3) is 0 Å². The van der Waals surface area contributed by atoms with E-state index >= 15 is 0 Å². The molecular weight excluding hydrogens is 279 g/mol. The lowest BCUT2D eigenvalue weighted by Crippen LogP contribution is -2.43. The molecule has 0 aliphatic heterocycles. The third kappa shape index (κ3) is 5.76. The largest absolute Gasteiger partial charge is 0.471 e. The zero-order valence-electron chi connectivity index (χ0n) is 8.03. The van der Waals surface area contributed by atoms with Crippen LogP contribution < -0.4 is 5.32 Å². The Kier molecular flexibility index (Phi) is 5.85. The number of imide groups is 1. The average molecular weight is 290 g/mol. The standard InChI is InChI=1S/C8H11BrF3NO2/c1-2-3-4-5(9)6(14)13-7(15)8(10,11)12/h5H,2-4H2,1H3,(H,13,14,15).